The van der Waals surface area contributed by atoms with Crippen molar-refractivity contribution in [2.75, 3.05) is 44.6 Å². The lowest BCUT2D eigenvalue weighted by atomic mass is 10.0. The maximum atomic E-state index is 12.3. The number of hydrogen-bond acceptors (Lipinski definition) is 6. The Kier molecular flexibility index (Phi) is 7.92. The Bertz CT molecular complexity index is 762. The molecule has 0 atom stereocenters. The highest BCUT2D eigenvalue weighted by atomic mass is 16.5. The van der Waals surface area contributed by atoms with Crippen LogP contribution in [0.2, 0.25) is 0 Å². The second-order valence-electron chi connectivity index (χ2n) is 6.78. The largest absolute Gasteiger partial charge is 0.633 e. The Morgan fingerprint density at radius 2 is 1.75 bits per heavy atom. The molecule has 0 radical (unpaired) electrons. The van der Waals surface area contributed by atoms with Gasteiger partial charge in [0.1, 0.15) is 0 Å². The molecule has 0 unspecified atom stereocenters. The molecule has 1 aliphatic rings. The minimum Gasteiger partial charge on any atom is -0.633 e. The number of quaternary nitrogens is 1. The van der Waals surface area contributed by atoms with Gasteiger partial charge in [-0.1, -0.05) is 0 Å². The van der Waals surface area contributed by atoms with Crippen LogP contribution in [0.1, 0.15) is 20.8 Å². The SMILES string of the molecule is CC[N+]([O-])(CC)CCNc1ccc(N=C2C=C(C)C(=O)C=C2NCCO)cc1. The van der Waals surface area contributed by atoms with Crippen LogP contribution >= 0.6 is 0 Å². The van der Waals surface area contributed by atoms with E-state index >= 15 is 0 Å². The fraction of sp³-hybridized carbons (Fsp3) is 0.429. The first-order chi connectivity index (χ1) is 13.4. The van der Waals surface area contributed by atoms with Gasteiger partial charge in [0.05, 0.1) is 49.9 Å². The Morgan fingerprint density at radius 3 is 2.36 bits per heavy atom. The molecule has 1 aromatic carbocycles. The van der Waals surface area contributed by atoms with E-state index in [2.05, 4.69) is 15.6 Å². The van der Waals surface area contributed by atoms with Gasteiger partial charge >= 0.3 is 0 Å². The third-order valence-corrected chi connectivity index (χ3v) is 4.84. The van der Waals surface area contributed by atoms with Crippen molar-refractivity contribution in [2.24, 2.45) is 4.99 Å². The number of anilines is 1. The molecule has 0 spiro atoms. The third-order valence-electron chi connectivity index (χ3n) is 4.84. The summed E-state index contributed by atoms with van der Waals surface area (Å²) < 4.78 is -0.195. The maximum absolute atomic E-state index is 12.3. The van der Waals surface area contributed by atoms with E-state index in [1.54, 1.807) is 13.0 Å². The highest BCUT2D eigenvalue weighted by Gasteiger charge is 2.16. The average molecular weight is 386 g/mol. The fourth-order valence-corrected chi connectivity index (χ4v) is 2.83. The van der Waals surface area contributed by atoms with Crippen LogP contribution in [0.4, 0.5) is 11.4 Å². The third kappa shape index (κ3) is 6.02. The molecule has 0 saturated carbocycles. The van der Waals surface area contributed by atoms with Gasteiger partial charge < -0.3 is 25.6 Å². The van der Waals surface area contributed by atoms with Crippen molar-refractivity contribution in [1.82, 2.24) is 5.32 Å². The first kappa shape index (κ1) is 21.8. The van der Waals surface area contributed by atoms with Gasteiger partial charge in [0.25, 0.3) is 0 Å². The van der Waals surface area contributed by atoms with Crippen molar-refractivity contribution in [2.45, 2.75) is 20.8 Å². The van der Waals surface area contributed by atoms with Crippen molar-refractivity contribution in [3.05, 3.63) is 52.9 Å². The van der Waals surface area contributed by atoms with Crippen LogP contribution in [0.3, 0.4) is 0 Å². The standard InChI is InChI=1S/C21H30N4O3/c1-4-25(28,5-2)12-10-22-17-6-8-18(9-7-17)24-20-14-16(3)21(27)15-19(20)23-11-13-26/h6-9,14-15,22-23,26H,4-5,10-13H2,1-3H3. The van der Waals surface area contributed by atoms with Crippen molar-refractivity contribution in [1.29, 1.82) is 0 Å². The van der Waals surface area contributed by atoms with Gasteiger partial charge in [-0.15, -0.1) is 0 Å². The van der Waals surface area contributed by atoms with Crippen LogP contribution in [0.25, 0.3) is 0 Å². The summed E-state index contributed by atoms with van der Waals surface area (Å²) in [6.45, 7) is 8.19. The quantitative estimate of drug-likeness (QED) is 0.326. The predicted octanol–water partition coefficient (Wildman–Crippen LogP) is 2.52. The zero-order valence-corrected chi connectivity index (χ0v) is 16.9. The van der Waals surface area contributed by atoms with Crippen molar-refractivity contribution in [3.63, 3.8) is 0 Å². The van der Waals surface area contributed by atoms with Gasteiger partial charge in [-0.3, -0.25) is 4.79 Å². The van der Waals surface area contributed by atoms with Gasteiger partial charge in [-0.05, 0) is 56.7 Å². The molecular weight excluding hydrogens is 356 g/mol. The summed E-state index contributed by atoms with van der Waals surface area (Å²) in [6.07, 6.45) is 3.25. The van der Waals surface area contributed by atoms with Crippen molar-refractivity contribution < 1.29 is 14.5 Å². The van der Waals surface area contributed by atoms with E-state index in [0.29, 0.717) is 49.7 Å². The van der Waals surface area contributed by atoms with E-state index in [0.717, 1.165) is 11.4 Å². The van der Waals surface area contributed by atoms with Crippen molar-refractivity contribution >= 4 is 22.9 Å². The molecule has 0 amide bonds. The minimum atomic E-state index is -0.195. The molecule has 2 rings (SSSR count). The number of aliphatic hydroxyl groups is 1. The van der Waals surface area contributed by atoms with Gasteiger partial charge in [-0.2, -0.15) is 0 Å². The Hall–Kier alpha value is -2.48. The van der Waals surface area contributed by atoms with Crippen LogP contribution in [-0.4, -0.2) is 60.6 Å². The Morgan fingerprint density at radius 1 is 1.07 bits per heavy atom. The molecule has 3 N–H and O–H groups in total. The molecule has 0 fully saturated rings. The summed E-state index contributed by atoms with van der Waals surface area (Å²) in [7, 11) is 0. The predicted molar refractivity (Wildman–Crippen MR) is 114 cm³/mol. The molecular formula is C21H30N4O3. The normalized spacial score (nSPS) is 16.0. The number of aliphatic hydroxyl groups excluding tert-OH is 1. The number of allylic oxidation sites excluding steroid dienone is 3. The van der Waals surface area contributed by atoms with Crippen LogP contribution in [-0.2, 0) is 4.79 Å². The number of benzene rings is 1. The van der Waals surface area contributed by atoms with Crippen LogP contribution in [0.5, 0.6) is 0 Å². The molecule has 0 aromatic heterocycles. The monoisotopic (exact) mass is 386 g/mol. The van der Waals surface area contributed by atoms with E-state index < -0.39 is 0 Å². The zero-order chi connectivity index (χ0) is 20.6. The first-order valence-electron chi connectivity index (χ1n) is 9.70. The van der Waals surface area contributed by atoms with Crippen molar-refractivity contribution in [3.8, 4) is 0 Å². The molecule has 1 aromatic rings. The van der Waals surface area contributed by atoms with Crippen LogP contribution < -0.4 is 10.6 Å². The molecule has 0 saturated heterocycles. The fourth-order valence-electron chi connectivity index (χ4n) is 2.83. The Balaban J connectivity index is 2.05. The van der Waals surface area contributed by atoms with E-state index in [9.17, 15) is 10.0 Å². The number of ketones is 1. The van der Waals surface area contributed by atoms with Gasteiger partial charge in [0, 0.05) is 18.3 Å². The number of nitrogens with one attached hydrogen (secondary N) is 2. The summed E-state index contributed by atoms with van der Waals surface area (Å²) in [5.74, 6) is -0.0639. The summed E-state index contributed by atoms with van der Waals surface area (Å²) >= 11 is 0. The smallest absolute Gasteiger partial charge is 0.183 e. The summed E-state index contributed by atoms with van der Waals surface area (Å²) in [5, 5.41) is 27.6. The van der Waals surface area contributed by atoms with Gasteiger partial charge in [-0.25, -0.2) is 4.99 Å². The average Bonchev–Trinajstić information content (AvgIpc) is 2.70. The lowest BCUT2D eigenvalue weighted by molar-refractivity contribution is -0.875. The molecule has 7 heteroatoms. The molecule has 152 valence electrons. The molecule has 1 aliphatic carbocycles. The first-order valence-corrected chi connectivity index (χ1v) is 9.70. The number of nitrogens with zero attached hydrogens (tertiary/aromatic N) is 2. The number of aliphatic imine (C=N–C) groups is 1. The zero-order valence-electron chi connectivity index (χ0n) is 16.9. The number of rotatable bonds is 10. The highest BCUT2D eigenvalue weighted by Crippen LogP contribution is 2.20. The van der Waals surface area contributed by atoms with E-state index in [1.165, 1.54) is 6.08 Å². The summed E-state index contributed by atoms with van der Waals surface area (Å²) in [6, 6.07) is 7.62. The maximum Gasteiger partial charge on any atom is 0.183 e. The minimum absolute atomic E-state index is 0.0265. The molecule has 0 bridgehead atoms. The number of hydrogen-bond donors (Lipinski definition) is 3. The van der Waals surface area contributed by atoms with E-state index in [1.807, 2.05) is 38.1 Å². The van der Waals surface area contributed by atoms with Gasteiger partial charge in [0.2, 0.25) is 0 Å². The summed E-state index contributed by atoms with van der Waals surface area (Å²) in [5.41, 5.74) is 3.58. The number of carbonyl (C=O) groups excluding carboxylic acids is 1. The number of likely N-dealkylation sites (N-methyl/N-ethyl adjacent to an activating group) is 1. The second kappa shape index (κ2) is 10.2. The molecule has 0 aliphatic heterocycles. The molecule has 0 heterocycles. The number of hydroxylamine groups is 3. The van der Waals surface area contributed by atoms with Crippen LogP contribution in [0, 0.1) is 5.21 Å². The Labute approximate surface area is 166 Å². The van der Waals surface area contributed by atoms with Crippen LogP contribution in [0.15, 0.2) is 52.7 Å². The lowest BCUT2D eigenvalue weighted by Crippen LogP contribution is -2.44. The summed E-state index contributed by atoms with van der Waals surface area (Å²) in [4.78, 5) is 16.5. The second-order valence-corrected chi connectivity index (χ2v) is 6.78. The van der Waals surface area contributed by atoms with Gasteiger partial charge in [0.15, 0.2) is 5.78 Å². The highest BCUT2D eigenvalue weighted by molar-refractivity contribution is 6.22. The molecule has 7 nitrogen and oxygen atoms in total. The molecule has 28 heavy (non-hydrogen) atoms. The topological polar surface area (TPSA) is 96.8 Å². The lowest BCUT2D eigenvalue weighted by Gasteiger charge is -2.41. The van der Waals surface area contributed by atoms with E-state index in [4.69, 9.17) is 5.11 Å². The van der Waals surface area contributed by atoms with E-state index in [-0.39, 0.29) is 17.0 Å². The number of carbonyl (C=O) groups is 1.